The summed E-state index contributed by atoms with van der Waals surface area (Å²) in [6.07, 6.45) is 0.518. The highest BCUT2D eigenvalue weighted by molar-refractivity contribution is 7.88. The van der Waals surface area contributed by atoms with Crippen molar-refractivity contribution in [3.8, 4) is 6.07 Å². The van der Waals surface area contributed by atoms with Gasteiger partial charge in [-0.2, -0.15) is 9.98 Å². The van der Waals surface area contributed by atoms with Gasteiger partial charge in [0.15, 0.2) is 0 Å². The van der Waals surface area contributed by atoms with E-state index in [4.69, 9.17) is 5.26 Å². The smallest absolute Gasteiger partial charge is 0.212 e. The van der Waals surface area contributed by atoms with Crippen LogP contribution in [0, 0.1) is 17.2 Å². The van der Waals surface area contributed by atoms with E-state index >= 15 is 0 Å². The van der Waals surface area contributed by atoms with Gasteiger partial charge in [-0.1, -0.05) is 44.2 Å². The lowest BCUT2D eigenvalue weighted by Crippen LogP contribution is -2.35. The molecule has 0 aliphatic rings. The first-order chi connectivity index (χ1) is 8.43. The normalized spacial score (nSPS) is 13.2. The van der Waals surface area contributed by atoms with Crippen molar-refractivity contribution in [2.24, 2.45) is 5.92 Å². The lowest BCUT2D eigenvalue weighted by atomic mass is 10.1. The van der Waals surface area contributed by atoms with Crippen LogP contribution in [0.25, 0.3) is 0 Å². The Bertz CT molecular complexity index is 504. The Kier molecular flexibility index (Phi) is 5.32. The Morgan fingerprint density at radius 2 is 1.89 bits per heavy atom. The number of hydrogen-bond acceptors (Lipinski definition) is 3. The fourth-order valence-electron chi connectivity index (χ4n) is 1.65. The van der Waals surface area contributed by atoms with Crippen LogP contribution in [-0.2, 0) is 15.8 Å². The topological polar surface area (TPSA) is 70.0 Å². The monoisotopic (exact) mass is 266 g/mol. The van der Waals surface area contributed by atoms with Crippen LogP contribution in [0.15, 0.2) is 30.3 Å². The zero-order chi connectivity index (χ0) is 13.6. The third-order valence-electron chi connectivity index (χ3n) is 2.38. The Morgan fingerprint density at radius 3 is 2.39 bits per heavy atom. The SMILES string of the molecule is CC(C)CC(C#N)NS(=O)(=O)Cc1ccccc1. The molecule has 0 aromatic heterocycles. The number of nitrogens with zero attached hydrogens (tertiary/aromatic N) is 1. The van der Waals surface area contributed by atoms with Gasteiger partial charge in [0, 0.05) is 0 Å². The maximum absolute atomic E-state index is 11.9. The average Bonchev–Trinajstić information content (AvgIpc) is 2.27. The van der Waals surface area contributed by atoms with E-state index < -0.39 is 16.1 Å². The van der Waals surface area contributed by atoms with E-state index in [0.717, 1.165) is 0 Å². The molecule has 5 heteroatoms. The summed E-state index contributed by atoms with van der Waals surface area (Å²) in [5.41, 5.74) is 0.714. The summed E-state index contributed by atoms with van der Waals surface area (Å²) >= 11 is 0. The summed E-state index contributed by atoms with van der Waals surface area (Å²) < 4.78 is 26.2. The van der Waals surface area contributed by atoms with Crippen molar-refractivity contribution in [3.05, 3.63) is 35.9 Å². The van der Waals surface area contributed by atoms with E-state index in [1.807, 2.05) is 26.0 Å². The standard InChI is InChI=1S/C13H18N2O2S/c1-11(2)8-13(9-14)15-18(16,17)10-12-6-4-3-5-7-12/h3-7,11,13,15H,8,10H2,1-2H3. The average molecular weight is 266 g/mol. The first-order valence-corrected chi connectivity index (χ1v) is 7.51. The molecule has 1 atom stereocenters. The molecule has 0 bridgehead atoms. The second-order valence-corrected chi connectivity index (χ2v) is 6.43. The van der Waals surface area contributed by atoms with Gasteiger partial charge in [0.25, 0.3) is 0 Å². The van der Waals surface area contributed by atoms with E-state index in [0.29, 0.717) is 12.0 Å². The molecular formula is C13H18N2O2S. The molecule has 0 aliphatic carbocycles. The molecule has 0 fully saturated rings. The molecular weight excluding hydrogens is 248 g/mol. The van der Waals surface area contributed by atoms with Crippen molar-refractivity contribution in [1.29, 1.82) is 5.26 Å². The van der Waals surface area contributed by atoms with E-state index in [1.54, 1.807) is 24.3 Å². The fraction of sp³-hybridized carbons (Fsp3) is 0.462. The van der Waals surface area contributed by atoms with E-state index in [-0.39, 0.29) is 11.7 Å². The second kappa shape index (κ2) is 6.53. The lowest BCUT2D eigenvalue weighted by Gasteiger charge is -2.13. The Morgan fingerprint density at radius 1 is 1.28 bits per heavy atom. The summed E-state index contributed by atoms with van der Waals surface area (Å²) in [5.74, 6) is 0.179. The maximum atomic E-state index is 11.9. The third kappa shape index (κ3) is 5.30. The maximum Gasteiger partial charge on any atom is 0.216 e. The van der Waals surface area contributed by atoms with Crippen LogP contribution in [0.5, 0.6) is 0 Å². The third-order valence-corrected chi connectivity index (χ3v) is 3.74. The molecule has 0 aliphatic heterocycles. The van der Waals surface area contributed by atoms with Gasteiger partial charge in [-0.25, -0.2) is 8.42 Å². The zero-order valence-electron chi connectivity index (χ0n) is 10.6. The van der Waals surface area contributed by atoms with Crippen LogP contribution >= 0.6 is 0 Å². The second-order valence-electron chi connectivity index (χ2n) is 4.67. The Labute approximate surface area is 109 Å². The number of nitrogens with one attached hydrogen (secondary N) is 1. The van der Waals surface area contributed by atoms with E-state index in [1.165, 1.54) is 0 Å². The molecule has 4 nitrogen and oxygen atoms in total. The van der Waals surface area contributed by atoms with Gasteiger partial charge >= 0.3 is 0 Å². The minimum absolute atomic E-state index is 0.0931. The number of hydrogen-bond donors (Lipinski definition) is 1. The van der Waals surface area contributed by atoms with Crippen LogP contribution < -0.4 is 4.72 Å². The van der Waals surface area contributed by atoms with Gasteiger partial charge < -0.3 is 0 Å². The van der Waals surface area contributed by atoms with E-state index in [2.05, 4.69) is 4.72 Å². The fourth-order valence-corrected chi connectivity index (χ4v) is 2.95. The molecule has 0 saturated carbocycles. The lowest BCUT2D eigenvalue weighted by molar-refractivity contribution is 0.512. The quantitative estimate of drug-likeness (QED) is 0.856. The predicted octanol–water partition coefficient (Wildman–Crippen LogP) is 2.04. The molecule has 18 heavy (non-hydrogen) atoms. The molecule has 1 unspecified atom stereocenters. The van der Waals surface area contributed by atoms with Gasteiger partial charge in [-0.3, -0.25) is 0 Å². The minimum Gasteiger partial charge on any atom is -0.212 e. The molecule has 1 rings (SSSR count). The van der Waals surface area contributed by atoms with Gasteiger partial charge in [-0.05, 0) is 17.9 Å². The molecule has 0 spiro atoms. The van der Waals surface area contributed by atoms with Crippen molar-refractivity contribution < 1.29 is 8.42 Å². The molecule has 0 amide bonds. The first kappa shape index (κ1) is 14.7. The van der Waals surface area contributed by atoms with Gasteiger partial charge in [-0.15, -0.1) is 0 Å². The van der Waals surface area contributed by atoms with Crippen LogP contribution in [-0.4, -0.2) is 14.5 Å². The van der Waals surface area contributed by atoms with Gasteiger partial charge in [0.2, 0.25) is 10.0 Å². The molecule has 0 radical (unpaired) electrons. The zero-order valence-corrected chi connectivity index (χ0v) is 11.4. The number of benzene rings is 1. The Hall–Kier alpha value is -1.38. The van der Waals surface area contributed by atoms with Crippen molar-refractivity contribution in [3.63, 3.8) is 0 Å². The predicted molar refractivity (Wildman–Crippen MR) is 71.1 cm³/mol. The molecule has 98 valence electrons. The molecule has 1 N–H and O–H groups in total. The van der Waals surface area contributed by atoms with Crippen molar-refractivity contribution in [1.82, 2.24) is 4.72 Å². The summed E-state index contributed by atoms with van der Waals surface area (Å²) in [5, 5.41) is 8.93. The highest BCUT2D eigenvalue weighted by Crippen LogP contribution is 2.08. The molecule has 1 aromatic rings. The van der Waals surface area contributed by atoms with Crippen LogP contribution in [0.3, 0.4) is 0 Å². The number of rotatable bonds is 6. The van der Waals surface area contributed by atoms with Crippen molar-refractivity contribution in [2.45, 2.75) is 32.1 Å². The summed E-state index contributed by atoms with van der Waals surface area (Å²) in [7, 11) is -3.46. The van der Waals surface area contributed by atoms with Crippen LogP contribution in [0.2, 0.25) is 0 Å². The summed E-state index contributed by atoms with van der Waals surface area (Å²) in [6, 6.07) is 10.3. The number of sulfonamides is 1. The highest BCUT2D eigenvalue weighted by Gasteiger charge is 2.18. The van der Waals surface area contributed by atoms with Crippen molar-refractivity contribution >= 4 is 10.0 Å². The summed E-state index contributed by atoms with van der Waals surface area (Å²) in [4.78, 5) is 0. The van der Waals surface area contributed by atoms with Crippen LogP contribution in [0.4, 0.5) is 0 Å². The molecule has 0 saturated heterocycles. The van der Waals surface area contributed by atoms with Crippen LogP contribution in [0.1, 0.15) is 25.8 Å². The first-order valence-electron chi connectivity index (χ1n) is 5.86. The van der Waals surface area contributed by atoms with Gasteiger partial charge in [0.05, 0.1) is 11.8 Å². The molecule has 0 heterocycles. The summed E-state index contributed by atoms with van der Waals surface area (Å²) in [6.45, 7) is 3.91. The highest BCUT2D eigenvalue weighted by atomic mass is 32.2. The van der Waals surface area contributed by atoms with E-state index in [9.17, 15) is 8.42 Å². The van der Waals surface area contributed by atoms with Crippen molar-refractivity contribution in [2.75, 3.05) is 0 Å². The Balaban J connectivity index is 2.68. The largest absolute Gasteiger partial charge is 0.216 e. The number of nitriles is 1. The molecule has 1 aromatic carbocycles. The minimum atomic E-state index is -3.46. The van der Waals surface area contributed by atoms with Gasteiger partial charge in [0.1, 0.15) is 6.04 Å².